The zero-order valence-electron chi connectivity index (χ0n) is 22.8. The molecule has 1 unspecified atom stereocenters. The maximum absolute atomic E-state index is 10.3. The SMILES string of the molecule is C=C.C=C.C=C.C=C.C=C.C=C.CCCCC(CC)COS(=O)(=O)O.CCOCC.OCCO. The Morgan fingerprint density at radius 2 is 1.03 bits per heavy atom. The van der Waals surface area contributed by atoms with E-state index < -0.39 is 10.4 Å². The van der Waals surface area contributed by atoms with Gasteiger partial charge >= 0.3 is 10.4 Å². The van der Waals surface area contributed by atoms with E-state index in [4.69, 9.17) is 19.5 Å². The third-order valence-corrected chi connectivity index (χ3v) is 2.94. The van der Waals surface area contributed by atoms with Crippen LogP contribution in [0.3, 0.4) is 0 Å². The van der Waals surface area contributed by atoms with E-state index in [2.05, 4.69) is 90.1 Å². The predicted molar refractivity (Wildman–Crippen MR) is 155 cm³/mol. The van der Waals surface area contributed by atoms with Gasteiger partial charge in [0.1, 0.15) is 0 Å². The molecule has 0 saturated heterocycles. The molecule has 0 aliphatic heterocycles. The summed E-state index contributed by atoms with van der Waals surface area (Å²) in [6, 6.07) is 0. The number of hydrogen-bond donors (Lipinski definition) is 3. The fourth-order valence-corrected chi connectivity index (χ4v) is 1.65. The van der Waals surface area contributed by atoms with E-state index in [-0.39, 0.29) is 25.7 Å². The molecule has 210 valence electrons. The topological polar surface area (TPSA) is 113 Å². The van der Waals surface area contributed by atoms with Gasteiger partial charge in [0, 0.05) is 13.2 Å². The molecule has 0 bridgehead atoms. The van der Waals surface area contributed by atoms with Gasteiger partial charge in [-0.25, -0.2) is 4.18 Å². The first-order chi connectivity index (χ1) is 16.3. The molecule has 7 nitrogen and oxygen atoms in total. The molecule has 8 heteroatoms. The molecule has 0 radical (unpaired) electrons. The second-order valence-corrected chi connectivity index (χ2v) is 5.45. The number of ether oxygens (including phenoxy) is 1. The number of aliphatic hydroxyl groups is 2. The van der Waals surface area contributed by atoms with Crippen LogP contribution in [0.4, 0.5) is 0 Å². The van der Waals surface area contributed by atoms with Crippen LogP contribution in [0.1, 0.15) is 53.4 Å². The molecule has 0 aliphatic rings. The Kier molecular flexibility index (Phi) is 147. The number of rotatable bonds is 10. The average molecular weight is 515 g/mol. The Hall–Kier alpha value is -1.81. The highest BCUT2D eigenvalue weighted by Crippen LogP contribution is 2.13. The number of hydrogen-bond acceptors (Lipinski definition) is 6. The fraction of sp³-hybridized carbons (Fsp3) is 0.538. The van der Waals surface area contributed by atoms with Crippen molar-refractivity contribution in [2.75, 3.05) is 33.0 Å². The molecular formula is C26H58O7S. The summed E-state index contributed by atoms with van der Waals surface area (Å²) in [4.78, 5) is 0. The van der Waals surface area contributed by atoms with Crippen molar-refractivity contribution < 1.29 is 32.1 Å². The molecule has 0 aliphatic carbocycles. The van der Waals surface area contributed by atoms with Crippen molar-refractivity contribution in [1.82, 2.24) is 0 Å². The molecule has 0 rings (SSSR count). The highest BCUT2D eigenvalue weighted by atomic mass is 32.3. The van der Waals surface area contributed by atoms with Crippen molar-refractivity contribution in [3.63, 3.8) is 0 Å². The lowest BCUT2D eigenvalue weighted by molar-refractivity contribution is 0.162. The van der Waals surface area contributed by atoms with Crippen LogP contribution in [-0.4, -0.2) is 56.2 Å². The highest BCUT2D eigenvalue weighted by Gasteiger charge is 2.11. The minimum atomic E-state index is -4.25. The summed E-state index contributed by atoms with van der Waals surface area (Å²) in [5.41, 5.74) is 0. The Morgan fingerprint density at radius 3 is 1.18 bits per heavy atom. The van der Waals surface area contributed by atoms with E-state index in [0.717, 1.165) is 38.9 Å². The first-order valence-electron chi connectivity index (χ1n) is 10.7. The minimum absolute atomic E-state index is 0.0926. The average Bonchev–Trinajstić information content (AvgIpc) is 2.91. The first-order valence-corrected chi connectivity index (χ1v) is 12.1. The monoisotopic (exact) mass is 514 g/mol. The van der Waals surface area contributed by atoms with Crippen molar-refractivity contribution in [2.24, 2.45) is 5.92 Å². The van der Waals surface area contributed by atoms with Crippen LogP contribution in [0.15, 0.2) is 78.9 Å². The van der Waals surface area contributed by atoms with Gasteiger partial charge in [-0.2, -0.15) is 8.42 Å². The fourth-order valence-electron chi connectivity index (χ4n) is 1.28. The second-order valence-electron chi connectivity index (χ2n) is 4.36. The largest absolute Gasteiger partial charge is 0.397 e. The van der Waals surface area contributed by atoms with Crippen LogP contribution in [0, 0.1) is 5.92 Å². The zero-order chi connectivity index (χ0) is 29.9. The van der Waals surface area contributed by atoms with E-state index in [1.165, 1.54) is 0 Å². The molecule has 0 aromatic carbocycles. The zero-order valence-corrected chi connectivity index (χ0v) is 23.6. The first kappa shape index (κ1) is 58.2. The molecule has 0 spiro atoms. The van der Waals surface area contributed by atoms with Crippen LogP contribution >= 0.6 is 0 Å². The predicted octanol–water partition coefficient (Wildman–Crippen LogP) is 6.85. The maximum atomic E-state index is 10.3. The van der Waals surface area contributed by atoms with E-state index in [0.29, 0.717) is 0 Å². The Morgan fingerprint density at radius 1 is 0.706 bits per heavy atom. The minimum Gasteiger partial charge on any atom is -0.394 e. The van der Waals surface area contributed by atoms with Gasteiger partial charge in [-0.3, -0.25) is 4.55 Å². The molecular weight excluding hydrogens is 456 g/mol. The third-order valence-electron chi connectivity index (χ3n) is 2.50. The summed E-state index contributed by atoms with van der Waals surface area (Å²) in [5, 5.41) is 15.2. The molecule has 0 heterocycles. The molecule has 34 heavy (non-hydrogen) atoms. The Bertz CT molecular complexity index is 345. The smallest absolute Gasteiger partial charge is 0.394 e. The van der Waals surface area contributed by atoms with Crippen molar-refractivity contribution >= 4 is 10.4 Å². The van der Waals surface area contributed by atoms with E-state index in [1.54, 1.807) is 0 Å². The van der Waals surface area contributed by atoms with Gasteiger partial charge in [-0.1, -0.05) is 33.1 Å². The number of unbranched alkanes of at least 4 members (excludes halogenated alkanes) is 1. The van der Waals surface area contributed by atoms with Gasteiger partial charge < -0.3 is 14.9 Å². The molecule has 1 atom stereocenters. The lowest BCUT2D eigenvalue weighted by Crippen LogP contribution is -2.13. The molecule has 0 aromatic rings. The highest BCUT2D eigenvalue weighted by molar-refractivity contribution is 7.80. The van der Waals surface area contributed by atoms with Gasteiger partial charge in [0.2, 0.25) is 0 Å². The van der Waals surface area contributed by atoms with Crippen LogP contribution in [0.25, 0.3) is 0 Å². The van der Waals surface area contributed by atoms with E-state index in [9.17, 15) is 8.42 Å². The number of aliphatic hydroxyl groups excluding tert-OH is 2. The lowest BCUT2D eigenvalue weighted by Gasteiger charge is -2.12. The summed E-state index contributed by atoms with van der Waals surface area (Å²) in [6.45, 7) is 45.6. The Balaban J connectivity index is -0.0000000356. The summed E-state index contributed by atoms with van der Waals surface area (Å²) in [5.74, 6) is 0.224. The van der Waals surface area contributed by atoms with E-state index in [1.807, 2.05) is 20.8 Å². The molecule has 0 aromatic heterocycles. The van der Waals surface area contributed by atoms with Crippen LogP contribution in [-0.2, 0) is 19.3 Å². The van der Waals surface area contributed by atoms with Crippen molar-refractivity contribution in [2.45, 2.75) is 53.4 Å². The van der Waals surface area contributed by atoms with Gasteiger partial charge in [-0.05, 0) is 26.2 Å². The standard InChI is InChI=1S/C8H18O4S.C4H10O.C2H6O2.6C2H4/c1-3-5-6-8(4-2)7-12-13(9,10)11;1-3-5-4-2;3-1-2-4;6*1-2/h8H,3-7H2,1-2H3,(H,9,10,11);3-4H2,1-2H3;3-4H,1-2H2;6*1-2H2. The molecule has 0 fully saturated rings. The van der Waals surface area contributed by atoms with Crippen molar-refractivity contribution in [3.05, 3.63) is 78.9 Å². The van der Waals surface area contributed by atoms with Crippen LogP contribution in [0.5, 0.6) is 0 Å². The van der Waals surface area contributed by atoms with Crippen LogP contribution < -0.4 is 0 Å². The van der Waals surface area contributed by atoms with Gasteiger partial charge in [0.05, 0.1) is 19.8 Å². The lowest BCUT2D eigenvalue weighted by atomic mass is 10.0. The van der Waals surface area contributed by atoms with Gasteiger partial charge in [0.25, 0.3) is 0 Å². The third kappa shape index (κ3) is 148. The maximum Gasteiger partial charge on any atom is 0.397 e. The van der Waals surface area contributed by atoms with Crippen molar-refractivity contribution in [3.8, 4) is 0 Å². The summed E-state index contributed by atoms with van der Waals surface area (Å²) in [7, 11) is -4.25. The summed E-state index contributed by atoms with van der Waals surface area (Å²) >= 11 is 0. The van der Waals surface area contributed by atoms with Crippen molar-refractivity contribution in [1.29, 1.82) is 0 Å². The molecule has 0 saturated carbocycles. The Labute approximate surface area is 213 Å². The molecule has 3 N–H and O–H groups in total. The van der Waals surface area contributed by atoms with E-state index >= 15 is 0 Å². The quantitative estimate of drug-likeness (QED) is 0.216. The molecule has 0 amide bonds. The van der Waals surface area contributed by atoms with Gasteiger partial charge in [0.15, 0.2) is 0 Å². The summed E-state index contributed by atoms with van der Waals surface area (Å²) in [6.07, 6.45) is 3.97. The normalized spacial score (nSPS) is 8.32. The summed E-state index contributed by atoms with van der Waals surface area (Å²) < 4.78 is 38.0. The second kappa shape index (κ2) is 85.9. The van der Waals surface area contributed by atoms with Gasteiger partial charge in [-0.15, -0.1) is 78.9 Å². The van der Waals surface area contributed by atoms with Crippen LogP contribution in [0.2, 0.25) is 0 Å².